The third-order valence-corrected chi connectivity index (χ3v) is 3.61. The molecule has 2 rings (SSSR count). The zero-order valence-corrected chi connectivity index (χ0v) is 14.0. The number of aliphatic hydroxyl groups is 1. The predicted octanol–water partition coefficient (Wildman–Crippen LogP) is 3.27. The van der Waals surface area contributed by atoms with Gasteiger partial charge < -0.3 is 15.2 Å². The predicted molar refractivity (Wildman–Crippen MR) is 91.7 cm³/mol. The summed E-state index contributed by atoms with van der Waals surface area (Å²) in [6, 6.07) is 10.8. The van der Waals surface area contributed by atoms with Gasteiger partial charge in [0.25, 0.3) is 5.91 Å². The lowest BCUT2D eigenvalue weighted by Crippen LogP contribution is -2.34. The van der Waals surface area contributed by atoms with E-state index in [2.05, 4.69) is 5.32 Å². The van der Waals surface area contributed by atoms with Crippen molar-refractivity contribution in [3.8, 4) is 11.1 Å². The molecular weight excluding hydrogens is 333 g/mol. The first-order valence-corrected chi connectivity index (χ1v) is 7.98. The van der Waals surface area contributed by atoms with Gasteiger partial charge in [-0.05, 0) is 42.8 Å². The number of carbonyl (C=O) groups excluding carboxylic acids is 1. The lowest BCUT2D eigenvalue weighted by molar-refractivity contribution is 0.0418. The molecule has 2 aromatic carbocycles. The quantitative estimate of drug-likeness (QED) is 0.805. The van der Waals surface area contributed by atoms with E-state index in [4.69, 9.17) is 16.3 Å². The summed E-state index contributed by atoms with van der Waals surface area (Å²) < 4.78 is 19.0. The Morgan fingerprint density at radius 2 is 2.12 bits per heavy atom. The van der Waals surface area contributed by atoms with Crippen molar-refractivity contribution in [1.82, 2.24) is 5.32 Å². The fourth-order valence-corrected chi connectivity index (χ4v) is 2.34. The van der Waals surface area contributed by atoms with Crippen LogP contribution in [0.5, 0.6) is 0 Å². The zero-order chi connectivity index (χ0) is 17.5. The normalized spacial score (nSPS) is 12.0. The summed E-state index contributed by atoms with van der Waals surface area (Å²) in [5, 5.41) is 12.7. The van der Waals surface area contributed by atoms with Gasteiger partial charge in [-0.25, -0.2) is 4.39 Å². The highest BCUT2D eigenvalue weighted by Gasteiger charge is 2.12. The number of halogens is 2. The van der Waals surface area contributed by atoms with E-state index in [-0.39, 0.29) is 19.1 Å². The van der Waals surface area contributed by atoms with E-state index in [1.807, 2.05) is 6.92 Å². The molecule has 24 heavy (non-hydrogen) atoms. The van der Waals surface area contributed by atoms with E-state index in [1.54, 1.807) is 24.3 Å². The molecule has 0 aliphatic heterocycles. The molecule has 0 aliphatic rings. The average molecular weight is 352 g/mol. The molecule has 0 saturated heterocycles. The SMILES string of the molecule is CCOC[C@@H](O)CNC(=O)c1cccc(-c2cc(Cl)ccc2F)c1. The molecule has 0 unspecified atom stereocenters. The maximum absolute atomic E-state index is 14.0. The number of rotatable bonds is 7. The number of carbonyl (C=O) groups is 1. The van der Waals surface area contributed by atoms with Crippen molar-refractivity contribution in [3.63, 3.8) is 0 Å². The smallest absolute Gasteiger partial charge is 0.251 e. The molecule has 128 valence electrons. The maximum atomic E-state index is 14.0. The van der Waals surface area contributed by atoms with Crippen molar-refractivity contribution >= 4 is 17.5 Å². The molecule has 4 nitrogen and oxygen atoms in total. The Bertz CT molecular complexity index is 708. The van der Waals surface area contributed by atoms with Crippen molar-refractivity contribution in [1.29, 1.82) is 0 Å². The Balaban J connectivity index is 2.09. The molecule has 0 radical (unpaired) electrons. The third kappa shape index (κ3) is 5.03. The van der Waals surface area contributed by atoms with Crippen molar-refractivity contribution in [3.05, 3.63) is 58.9 Å². The average Bonchev–Trinajstić information content (AvgIpc) is 2.60. The molecule has 0 aromatic heterocycles. The Labute approximate surface area is 145 Å². The number of aliphatic hydroxyl groups excluding tert-OH is 1. The molecule has 0 saturated carbocycles. The van der Waals surface area contributed by atoms with Crippen molar-refractivity contribution < 1.29 is 19.0 Å². The highest BCUT2D eigenvalue weighted by molar-refractivity contribution is 6.30. The van der Waals surface area contributed by atoms with Crippen molar-refractivity contribution in [2.75, 3.05) is 19.8 Å². The molecule has 0 bridgehead atoms. The Morgan fingerprint density at radius 1 is 1.33 bits per heavy atom. The number of amides is 1. The maximum Gasteiger partial charge on any atom is 0.251 e. The Hall–Kier alpha value is -1.95. The molecular formula is C18H19ClFNO3. The van der Waals surface area contributed by atoms with Crippen LogP contribution in [0.15, 0.2) is 42.5 Å². The van der Waals surface area contributed by atoms with Gasteiger partial charge in [-0.15, -0.1) is 0 Å². The molecule has 0 fully saturated rings. The second kappa shape index (κ2) is 8.78. The van der Waals surface area contributed by atoms with Gasteiger partial charge in [0, 0.05) is 29.3 Å². The number of benzene rings is 2. The van der Waals surface area contributed by atoms with Crippen molar-refractivity contribution in [2.24, 2.45) is 0 Å². The van der Waals surface area contributed by atoms with E-state index >= 15 is 0 Å². The van der Waals surface area contributed by atoms with Gasteiger partial charge in [0.05, 0.1) is 12.7 Å². The summed E-state index contributed by atoms with van der Waals surface area (Å²) in [5.41, 5.74) is 1.25. The number of hydrogen-bond acceptors (Lipinski definition) is 3. The number of hydrogen-bond donors (Lipinski definition) is 2. The van der Waals surface area contributed by atoms with E-state index in [0.717, 1.165) is 0 Å². The first kappa shape index (κ1) is 18.4. The van der Waals surface area contributed by atoms with Gasteiger partial charge in [0.15, 0.2) is 0 Å². The highest BCUT2D eigenvalue weighted by Crippen LogP contribution is 2.26. The molecule has 0 aliphatic carbocycles. The summed E-state index contributed by atoms with van der Waals surface area (Å²) in [6.45, 7) is 2.56. The third-order valence-electron chi connectivity index (χ3n) is 3.38. The van der Waals surface area contributed by atoms with Crippen LogP contribution in [0.2, 0.25) is 5.02 Å². The standard InChI is InChI=1S/C18H19ClFNO3/c1-2-24-11-15(22)10-21-18(23)13-5-3-4-12(8-13)16-9-14(19)6-7-17(16)20/h3-9,15,22H,2,10-11H2,1H3,(H,21,23)/t15-/m0/s1. The summed E-state index contributed by atoms with van der Waals surface area (Å²) in [5.74, 6) is -0.765. The second-order valence-electron chi connectivity index (χ2n) is 5.23. The van der Waals surface area contributed by atoms with Gasteiger partial charge in [0.2, 0.25) is 0 Å². The van der Waals surface area contributed by atoms with Crippen LogP contribution >= 0.6 is 11.6 Å². The van der Waals surface area contributed by atoms with E-state index in [0.29, 0.717) is 28.3 Å². The molecule has 0 spiro atoms. The fraction of sp³-hybridized carbons (Fsp3) is 0.278. The largest absolute Gasteiger partial charge is 0.389 e. The molecule has 2 N–H and O–H groups in total. The van der Waals surface area contributed by atoms with Gasteiger partial charge >= 0.3 is 0 Å². The molecule has 2 aromatic rings. The zero-order valence-electron chi connectivity index (χ0n) is 13.3. The Kier molecular flexibility index (Phi) is 6.73. The minimum absolute atomic E-state index is 0.0780. The number of ether oxygens (including phenoxy) is 1. The van der Waals surface area contributed by atoms with Crippen LogP contribution in [0, 0.1) is 5.82 Å². The monoisotopic (exact) mass is 351 g/mol. The number of nitrogens with one attached hydrogen (secondary N) is 1. The molecule has 1 amide bonds. The van der Waals surface area contributed by atoms with Crippen LogP contribution in [-0.4, -0.2) is 36.9 Å². The lowest BCUT2D eigenvalue weighted by atomic mass is 10.0. The second-order valence-corrected chi connectivity index (χ2v) is 5.66. The molecule has 1 atom stereocenters. The summed E-state index contributed by atoms with van der Waals surface area (Å²) >= 11 is 5.91. The van der Waals surface area contributed by atoms with Crippen LogP contribution in [0.25, 0.3) is 11.1 Å². The lowest BCUT2D eigenvalue weighted by Gasteiger charge is -2.12. The van der Waals surface area contributed by atoms with Crippen LogP contribution in [0.4, 0.5) is 4.39 Å². The van der Waals surface area contributed by atoms with Crippen LogP contribution in [0.1, 0.15) is 17.3 Å². The topological polar surface area (TPSA) is 58.6 Å². The highest BCUT2D eigenvalue weighted by atomic mass is 35.5. The minimum atomic E-state index is -0.776. The fourth-order valence-electron chi connectivity index (χ4n) is 2.17. The first-order valence-electron chi connectivity index (χ1n) is 7.60. The van der Waals surface area contributed by atoms with E-state index in [9.17, 15) is 14.3 Å². The minimum Gasteiger partial charge on any atom is -0.389 e. The van der Waals surface area contributed by atoms with Gasteiger partial charge in [-0.2, -0.15) is 0 Å². The van der Waals surface area contributed by atoms with Crippen LogP contribution in [-0.2, 0) is 4.74 Å². The summed E-state index contributed by atoms with van der Waals surface area (Å²) in [7, 11) is 0. The van der Waals surface area contributed by atoms with Gasteiger partial charge in [0.1, 0.15) is 5.82 Å². The van der Waals surface area contributed by atoms with E-state index in [1.165, 1.54) is 18.2 Å². The summed E-state index contributed by atoms with van der Waals surface area (Å²) in [4.78, 5) is 12.2. The van der Waals surface area contributed by atoms with Crippen LogP contribution < -0.4 is 5.32 Å². The van der Waals surface area contributed by atoms with Gasteiger partial charge in [-0.3, -0.25) is 4.79 Å². The van der Waals surface area contributed by atoms with E-state index < -0.39 is 11.9 Å². The van der Waals surface area contributed by atoms with Gasteiger partial charge in [-0.1, -0.05) is 23.7 Å². The molecule has 0 heterocycles. The Morgan fingerprint density at radius 3 is 2.88 bits per heavy atom. The summed E-state index contributed by atoms with van der Waals surface area (Å²) in [6.07, 6.45) is -0.776. The van der Waals surface area contributed by atoms with Crippen LogP contribution in [0.3, 0.4) is 0 Å². The molecule has 6 heteroatoms. The first-order chi connectivity index (χ1) is 11.5. The van der Waals surface area contributed by atoms with Crippen molar-refractivity contribution in [2.45, 2.75) is 13.0 Å².